The van der Waals surface area contributed by atoms with Crippen LogP contribution >= 0.6 is 0 Å². The first-order valence-corrected chi connectivity index (χ1v) is 7.67. The monoisotopic (exact) mass is 246 g/mol. The van der Waals surface area contributed by atoms with Crippen molar-refractivity contribution in [2.24, 2.45) is 5.92 Å². The molecule has 0 aliphatic heterocycles. The minimum Gasteiger partial charge on any atom is -0.0654 e. The first kappa shape index (κ1) is 15.3. The van der Waals surface area contributed by atoms with Crippen molar-refractivity contribution < 1.29 is 0 Å². The summed E-state index contributed by atoms with van der Waals surface area (Å²) >= 11 is 0. The van der Waals surface area contributed by atoms with Crippen LogP contribution in [-0.4, -0.2) is 0 Å². The quantitative estimate of drug-likeness (QED) is 0.564. The van der Waals surface area contributed by atoms with E-state index in [1.807, 2.05) is 0 Å². The van der Waals surface area contributed by atoms with Gasteiger partial charge < -0.3 is 0 Å². The number of hydrogen-bond donors (Lipinski definition) is 0. The Kier molecular flexibility index (Phi) is 6.46. The Labute approximate surface area is 114 Å². The van der Waals surface area contributed by atoms with Gasteiger partial charge in [-0.25, -0.2) is 0 Å². The Balaban J connectivity index is 2.68. The van der Waals surface area contributed by atoms with E-state index >= 15 is 0 Å². The van der Waals surface area contributed by atoms with Crippen molar-refractivity contribution in [1.29, 1.82) is 0 Å². The van der Waals surface area contributed by atoms with Crippen molar-refractivity contribution >= 4 is 0 Å². The van der Waals surface area contributed by atoms with Gasteiger partial charge in [-0.2, -0.15) is 0 Å². The standard InChI is InChI=1S/C18H30/c1-6-8-16(7-2)10-12-18-13-17(14(3)4)11-9-15(18)5/h9,11,13-14,16H,6-8,10,12H2,1-5H3. The van der Waals surface area contributed by atoms with Crippen LogP contribution in [0.25, 0.3) is 0 Å². The van der Waals surface area contributed by atoms with Gasteiger partial charge in [0.15, 0.2) is 0 Å². The van der Waals surface area contributed by atoms with E-state index < -0.39 is 0 Å². The maximum absolute atomic E-state index is 2.43. The molecule has 1 rings (SSSR count). The minimum absolute atomic E-state index is 0.641. The smallest absolute Gasteiger partial charge is 0.0219 e. The third-order valence-corrected chi connectivity index (χ3v) is 4.14. The highest BCUT2D eigenvalue weighted by Crippen LogP contribution is 2.23. The van der Waals surface area contributed by atoms with Crippen molar-refractivity contribution in [1.82, 2.24) is 0 Å². The topological polar surface area (TPSA) is 0 Å². The molecule has 102 valence electrons. The summed E-state index contributed by atoms with van der Waals surface area (Å²) in [5, 5.41) is 0. The lowest BCUT2D eigenvalue weighted by Crippen LogP contribution is -2.02. The number of rotatable bonds is 7. The van der Waals surface area contributed by atoms with Crippen LogP contribution in [0.1, 0.15) is 76.0 Å². The van der Waals surface area contributed by atoms with E-state index in [4.69, 9.17) is 0 Å². The summed E-state index contributed by atoms with van der Waals surface area (Å²) in [6, 6.07) is 7.01. The van der Waals surface area contributed by atoms with Crippen LogP contribution in [-0.2, 0) is 6.42 Å². The van der Waals surface area contributed by atoms with E-state index in [0.29, 0.717) is 5.92 Å². The van der Waals surface area contributed by atoms with E-state index in [2.05, 4.69) is 52.8 Å². The molecular formula is C18H30. The Hall–Kier alpha value is -0.780. The third-order valence-electron chi connectivity index (χ3n) is 4.14. The SMILES string of the molecule is CCCC(CC)CCc1cc(C(C)C)ccc1C. The van der Waals surface area contributed by atoms with Crippen LogP contribution in [0.5, 0.6) is 0 Å². The van der Waals surface area contributed by atoms with Crippen LogP contribution < -0.4 is 0 Å². The number of aryl methyl sites for hydroxylation is 2. The molecule has 0 aliphatic carbocycles. The zero-order chi connectivity index (χ0) is 13.5. The third kappa shape index (κ3) is 4.48. The summed E-state index contributed by atoms with van der Waals surface area (Å²) in [5.41, 5.74) is 4.51. The van der Waals surface area contributed by atoms with Gasteiger partial charge in [-0.15, -0.1) is 0 Å². The minimum atomic E-state index is 0.641. The molecule has 18 heavy (non-hydrogen) atoms. The highest BCUT2D eigenvalue weighted by molar-refractivity contribution is 5.32. The molecule has 0 saturated heterocycles. The molecule has 0 aliphatic rings. The van der Waals surface area contributed by atoms with Gasteiger partial charge in [-0.3, -0.25) is 0 Å². The van der Waals surface area contributed by atoms with Gasteiger partial charge in [-0.05, 0) is 48.3 Å². The molecule has 0 spiro atoms. The summed E-state index contributed by atoms with van der Waals surface area (Å²) in [5.74, 6) is 1.55. The number of benzene rings is 1. The van der Waals surface area contributed by atoms with E-state index in [1.165, 1.54) is 43.2 Å². The van der Waals surface area contributed by atoms with Gasteiger partial charge in [0.1, 0.15) is 0 Å². The van der Waals surface area contributed by atoms with Crippen LogP contribution in [0.4, 0.5) is 0 Å². The highest BCUT2D eigenvalue weighted by atomic mass is 14.1. The van der Waals surface area contributed by atoms with Gasteiger partial charge in [0.2, 0.25) is 0 Å². The molecule has 1 aromatic rings. The lowest BCUT2D eigenvalue weighted by molar-refractivity contribution is 0.432. The van der Waals surface area contributed by atoms with Gasteiger partial charge >= 0.3 is 0 Å². The fraction of sp³-hybridized carbons (Fsp3) is 0.667. The molecule has 0 fully saturated rings. The van der Waals surface area contributed by atoms with Gasteiger partial charge in [0.05, 0.1) is 0 Å². The van der Waals surface area contributed by atoms with E-state index in [-0.39, 0.29) is 0 Å². The fourth-order valence-corrected chi connectivity index (χ4v) is 2.64. The lowest BCUT2D eigenvalue weighted by Gasteiger charge is -2.16. The van der Waals surface area contributed by atoms with E-state index in [9.17, 15) is 0 Å². The van der Waals surface area contributed by atoms with E-state index in [0.717, 1.165) is 5.92 Å². The first-order chi connectivity index (χ1) is 8.58. The van der Waals surface area contributed by atoms with Crippen molar-refractivity contribution in [2.45, 2.75) is 72.6 Å². The van der Waals surface area contributed by atoms with Crippen LogP contribution in [0.15, 0.2) is 18.2 Å². The molecule has 1 aromatic carbocycles. The van der Waals surface area contributed by atoms with E-state index in [1.54, 1.807) is 5.56 Å². The molecule has 0 amide bonds. The second kappa shape index (κ2) is 7.61. The first-order valence-electron chi connectivity index (χ1n) is 7.67. The largest absolute Gasteiger partial charge is 0.0654 e. The summed E-state index contributed by atoms with van der Waals surface area (Å²) in [6.07, 6.45) is 6.65. The molecular weight excluding hydrogens is 216 g/mol. The molecule has 0 radical (unpaired) electrons. The fourth-order valence-electron chi connectivity index (χ4n) is 2.64. The average molecular weight is 246 g/mol. The van der Waals surface area contributed by atoms with Crippen molar-refractivity contribution in [3.05, 3.63) is 34.9 Å². The highest BCUT2D eigenvalue weighted by Gasteiger charge is 2.08. The maximum Gasteiger partial charge on any atom is -0.0219 e. The van der Waals surface area contributed by atoms with Gasteiger partial charge in [0, 0.05) is 0 Å². The Bertz CT molecular complexity index is 349. The zero-order valence-corrected chi connectivity index (χ0v) is 12.9. The van der Waals surface area contributed by atoms with Gasteiger partial charge in [0.25, 0.3) is 0 Å². The molecule has 1 atom stereocenters. The van der Waals surface area contributed by atoms with Crippen molar-refractivity contribution in [3.8, 4) is 0 Å². The predicted octanol–water partition coefficient (Wildman–Crippen LogP) is 5.88. The summed E-state index contributed by atoms with van der Waals surface area (Å²) < 4.78 is 0. The van der Waals surface area contributed by atoms with Crippen molar-refractivity contribution in [3.63, 3.8) is 0 Å². The maximum atomic E-state index is 2.43. The molecule has 0 bridgehead atoms. The normalized spacial score (nSPS) is 13.0. The molecule has 0 heteroatoms. The molecule has 0 saturated carbocycles. The Morgan fingerprint density at radius 1 is 1.06 bits per heavy atom. The van der Waals surface area contributed by atoms with Crippen LogP contribution in [0.2, 0.25) is 0 Å². The average Bonchev–Trinajstić information content (AvgIpc) is 2.35. The molecule has 1 unspecified atom stereocenters. The zero-order valence-electron chi connectivity index (χ0n) is 12.9. The summed E-state index contributed by atoms with van der Waals surface area (Å²) in [6.45, 7) is 11.4. The Morgan fingerprint density at radius 3 is 2.33 bits per heavy atom. The van der Waals surface area contributed by atoms with Crippen LogP contribution in [0.3, 0.4) is 0 Å². The lowest BCUT2D eigenvalue weighted by atomic mass is 9.90. The molecule has 0 nitrogen and oxygen atoms in total. The van der Waals surface area contributed by atoms with Crippen molar-refractivity contribution in [2.75, 3.05) is 0 Å². The second-order valence-corrected chi connectivity index (χ2v) is 5.94. The molecule has 0 N–H and O–H groups in total. The molecule has 0 aromatic heterocycles. The summed E-state index contributed by atoms with van der Waals surface area (Å²) in [4.78, 5) is 0. The van der Waals surface area contributed by atoms with Crippen LogP contribution in [0, 0.1) is 12.8 Å². The molecule has 0 heterocycles. The predicted molar refractivity (Wildman–Crippen MR) is 82.3 cm³/mol. The second-order valence-electron chi connectivity index (χ2n) is 5.94. The number of hydrogen-bond acceptors (Lipinski definition) is 0. The van der Waals surface area contributed by atoms with Gasteiger partial charge in [-0.1, -0.05) is 65.2 Å². The summed E-state index contributed by atoms with van der Waals surface area (Å²) in [7, 11) is 0. The Morgan fingerprint density at radius 2 is 1.78 bits per heavy atom.